The molecule has 5 nitrogen and oxygen atoms in total. The fraction of sp³-hybridized carbons (Fsp3) is 0.385. The summed E-state index contributed by atoms with van der Waals surface area (Å²) in [6.07, 6.45) is 0. The minimum absolute atomic E-state index is 0.374. The Labute approximate surface area is 106 Å². The van der Waals surface area contributed by atoms with E-state index in [-0.39, 0.29) is 0 Å². The van der Waals surface area contributed by atoms with E-state index >= 15 is 0 Å². The van der Waals surface area contributed by atoms with Gasteiger partial charge in [-0.25, -0.2) is 0 Å². The number of nitrogens with two attached hydrogens (primary N) is 1. The summed E-state index contributed by atoms with van der Waals surface area (Å²) >= 11 is 0. The number of benzene rings is 1. The van der Waals surface area contributed by atoms with Crippen LogP contribution in [0.4, 0.5) is 5.69 Å². The van der Waals surface area contributed by atoms with Gasteiger partial charge in [-0.1, -0.05) is 17.3 Å². The van der Waals surface area contributed by atoms with Crippen LogP contribution in [0.5, 0.6) is 0 Å². The van der Waals surface area contributed by atoms with Crippen molar-refractivity contribution in [2.75, 3.05) is 25.9 Å². The largest absolute Gasteiger partial charge is 0.398 e. The molecule has 0 bridgehead atoms. The maximum atomic E-state index is 5.89. The third-order valence-electron chi connectivity index (χ3n) is 3.39. The number of likely N-dealkylation sites (tertiary alicyclic amines) is 1. The van der Waals surface area contributed by atoms with Crippen LogP contribution in [0, 0.1) is 6.92 Å². The van der Waals surface area contributed by atoms with Crippen molar-refractivity contribution in [2.45, 2.75) is 12.8 Å². The SMILES string of the molecule is Cc1ccc(-c2noc(C3CN(C)C3)n2)cc1N. The molecule has 0 radical (unpaired) electrons. The van der Waals surface area contributed by atoms with Gasteiger partial charge in [0.15, 0.2) is 0 Å². The van der Waals surface area contributed by atoms with E-state index < -0.39 is 0 Å². The van der Waals surface area contributed by atoms with E-state index in [9.17, 15) is 0 Å². The number of anilines is 1. The minimum atomic E-state index is 0.374. The van der Waals surface area contributed by atoms with Crippen LogP contribution in [-0.2, 0) is 0 Å². The molecular formula is C13H16N4O. The smallest absolute Gasteiger partial charge is 0.232 e. The Bertz CT molecular complexity index is 572. The minimum Gasteiger partial charge on any atom is -0.398 e. The Kier molecular flexibility index (Phi) is 2.56. The highest BCUT2D eigenvalue weighted by atomic mass is 16.5. The van der Waals surface area contributed by atoms with Gasteiger partial charge in [0.2, 0.25) is 11.7 Å². The maximum Gasteiger partial charge on any atom is 0.232 e. The van der Waals surface area contributed by atoms with Crippen LogP contribution in [-0.4, -0.2) is 35.2 Å². The molecule has 18 heavy (non-hydrogen) atoms. The number of hydrogen-bond acceptors (Lipinski definition) is 5. The summed E-state index contributed by atoms with van der Waals surface area (Å²) in [7, 11) is 2.08. The first kappa shape index (κ1) is 11.2. The number of nitrogens with zero attached hydrogens (tertiary/aromatic N) is 3. The van der Waals surface area contributed by atoms with Crippen molar-refractivity contribution in [3.05, 3.63) is 29.7 Å². The Morgan fingerprint density at radius 3 is 2.83 bits per heavy atom. The first-order valence-corrected chi connectivity index (χ1v) is 6.02. The molecule has 2 aromatic rings. The quantitative estimate of drug-likeness (QED) is 0.814. The molecule has 1 aliphatic heterocycles. The van der Waals surface area contributed by atoms with Gasteiger partial charge in [-0.3, -0.25) is 0 Å². The first-order chi connectivity index (χ1) is 8.63. The highest BCUT2D eigenvalue weighted by Gasteiger charge is 2.30. The van der Waals surface area contributed by atoms with Crippen molar-refractivity contribution >= 4 is 5.69 Å². The lowest BCUT2D eigenvalue weighted by atomic mass is 10.0. The number of aromatic nitrogens is 2. The molecule has 0 unspecified atom stereocenters. The van der Waals surface area contributed by atoms with E-state index in [0.29, 0.717) is 11.7 Å². The molecule has 1 aromatic carbocycles. The molecule has 0 saturated carbocycles. The number of likely N-dealkylation sites (N-methyl/N-ethyl adjacent to an activating group) is 1. The van der Waals surface area contributed by atoms with E-state index in [0.717, 1.165) is 35.8 Å². The van der Waals surface area contributed by atoms with Gasteiger partial charge in [0.05, 0.1) is 5.92 Å². The van der Waals surface area contributed by atoms with Crippen LogP contribution in [0.25, 0.3) is 11.4 Å². The molecule has 1 aliphatic rings. The second-order valence-corrected chi connectivity index (χ2v) is 4.95. The van der Waals surface area contributed by atoms with Crippen LogP contribution in [0.3, 0.4) is 0 Å². The molecule has 2 N–H and O–H groups in total. The van der Waals surface area contributed by atoms with E-state index in [2.05, 4.69) is 22.1 Å². The zero-order chi connectivity index (χ0) is 12.7. The topological polar surface area (TPSA) is 68.2 Å². The van der Waals surface area contributed by atoms with Gasteiger partial charge in [-0.2, -0.15) is 4.98 Å². The lowest BCUT2D eigenvalue weighted by Crippen LogP contribution is -2.41. The first-order valence-electron chi connectivity index (χ1n) is 6.02. The van der Waals surface area contributed by atoms with Crippen molar-refractivity contribution in [1.29, 1.82) is 0 Å². The summed E-state index contributed by atoms with van der Waals surface area (Å²) in [5.41, 5.74) is 8.60. The normalized spacial score (nSPS) is 16.8. The van der Waals surface area contributed by atoms with Crippen LogP contribution < -0.4 is 5.73 Å². The Balaban J connectivity index is 1.86. The van der Waals surface area contributed by atoms with Crippen molar-refractivity contribution in [3.8, 4) is 11.4 Å². The summed E-state index contributed by atoms with van der Waals surface area (Å²) in [5.74, 6) is 1.72. The number of aryl methyl sites for hydroxylation is 1. The van der Waals surface area contributed by atoms with Crippen LogP contribution in [0.2, 0.25) is 0 Å². The average molecular weight is 244 g/mol. The van der Waals surface area contributed by atoms with E-state index in [1.807, 2.05) is 25.1 Å². The van der Waals surface area contributed by atoms with Crippen molar-refractivity contribution in [3.63, 3.8) is 0 Å². The van der Waals surface area contributed by atoms with E-state index in [4.69, 9.17) is 10.3 Å². The van der Waals surface area contributed by atoms with Crippen LogP contribution >= 0.6 is 0 Å². The lowest BCUT2D eigenvalue weighted by molar-refractivity contribution is 0.158. The van der Waals surface area contributed by atoms with Crippen molar-refractivity contribution in [2.24, 2.45) is 0 Å². The summed E-state index contributed by atoms with van der Waals surface area (Å²) < 4.78 is 5.31. The number of nitrogen functional groups attached to an aromatic ring is 1. The average Bonchev–Trinajstić information content (AvgIpc) is 2.78. The molecule has 1 fully saturated rings. The molecule has 0 amide bonds. The molecule has 2 heterocycles. The van der Waals surface area contributed by atoms with Crippen LogP contribution in [0.1, 0.15) is 17.4 Å². The molecular weight excluding hydrogens is 228 g/mol. The fourth-order valence-electron chi connectivity index (χ4n) is 2.15. The highest BCUT2D eigenvalue weighted by Crippen LogP contribution is 2.27. The zero-order valence-corrected chi connectivity index (χ0v) is 10.6. The Morgan fingerprint density at radius 2 is 2.17 bits per heavy atom. The second-order valence-electron chi connectivity index (χ2n) is 4.95. The van der Waals surface area contributed by atoms with Gasteiger partial charge in [0.1, 0.15) is 0 Å². The van der Waals surface area contributed by atoms with E-state index in [1.165, 1.54) is 0 Å². The van der Waals surface area contributed by atoms with Gasteiger partial charge in [-0.15, -0.1) is 0 Å². The molecule has 0 aliphatic carbocycles. The Hall–Kier alpha value is -1.88. The third-order valence-corrected chi connectivity index (χ3v) is 3.39. The van der Waals surface area contributed by atoms with E-state index in [1.54, 1.807) is 0 Å². The summed E-state index contributed by atoms with van der Waals surface area (Å²) in [6, 6.07) is 5.82. The molecule has 0 atom stereocenters. The second kappa shape index (κ2) is 4.10. The molecule has 3 rings (SSSR count). The van der Waals surface area contributed by atoms with Gasteiger partial charge >= 0.3 is 0 Å². The predicted octanol–water partition coefficient (Wildman–Crippen LogP) is 1.66. The standard InChI is InChI=1S/C13H16N4O/c1-8-3-4-9(5-11(8)14)12-15-13(18-16-12)10-6-17(2)7-10/h3-5,10H,6-7,14H2,1-2H3. The maximum absolute atomic E-state index is 5.89. The third kappa shape index (κ3) is 1.86. The van der Waals surface area contributed by atoms with Crippen molar-refractivity contribution < 1.29 is 4.52 Å². The fourth-order valence-corrected chi connectivity index (χ4v) is 2.15. The lowest BCUT2D eigenvalue weighted by Gasteiger charge is -2.33. The summed E-state index contributed by atoms with van der Waals surface area (Å²) in [5, 5.41) is 4.02. The Morgan fingerprint density at radius 1 is 1.39 bits per heavy atom. The predicted molar refractivity (Wildman–Crippen MR) is 69.1 cm³/mol. The molecule has 1 saturated heterocycles. The van der Waals surface area contributed by atoms with Crippen LogP contribution in [0.15, 0.2) is 22.7 Å². The van der Waals surface area contributed by atoms with Gasteiger partial charge in [-0.05, 0) is 25.6 Å². The summed E-state index contributed by atoms with van der Waals surface area (Å²) in [4.78, 5) is 6.67. The van der Waals surface area contributed by atoms with Gasteiger partial charge in [0, 0.05) is 24.3 Å². The monoisotopic (exact) mass is 244 g/mol. The molecule has 94 valence electrons. The van der Waals surface area contributed by atoms with Gasteiger partial charge in [0.25, 0.3) is 0 Å². The molecule has 0 spiro atoms. The number of hydrogen-bond donors (Lipinski definition) is 1. The van der Waals surface area contributed by atoms with Crippen molar-refractivity contribution in [1.82, 2.24) is 15.0 Å². The summed E-state index contributed by atoms with van der Waals surface area (Å²) in [6.45, 7) is 3.94. The zero-order valence-electron chi connectivity index (χ0n) is 10.6. The highest BCUT2D eigenvalue weighted by molar-refractivity contribution is 5.63. The van der Waals surface area contributed by atoms with Gasteiger partial charge < -0.3 is 15.2 Å². The number of rotatable bonds is 2. The molecule has 1 aromatic heterocycles. The molecule has 5 heteroatoms.